The monoisotopic (exact) mass is 243 g/mol. The minimum atomic E-state index is -0.788. The third kappa shape index (κ3) is 4.00. The predicted molar refractivity (Wildman–Crippen MR) is 62.6 cm³/mol. The molecule has 17 heavy (non-hydrogen) atoms. The number of nitrogens with one attached hydrogen (secondary N) is 1. The first-order valence-corrected chi connectivity index (χ1v) is 6.10. The van der Waals surface area contributed by atoms with Crippen LogP contribution in [0.25, 0.3) is 0 Å². The molecule has 1 aliphatic rings. The first-order chi connectivity index (χ1) is 8.08. The highest BCUT2D eigenvalue weighted by Crippen LogP contribution is 2.31. The summed E-state index contributed by atoms with van der Waals surface area (Å²) < 4.78 is 5.01. The molecule has 1 aliphatic carbocycles. The fourth-order valence-electron chi connectivity index (χ4n) is 2.23. The SMILES string of the molecule is CCC(COC)NC(=O)C1CCC(C(=O)O)C1. The van der Waals surface area contributed by atoms with Gasteiger partial charge in [0, 0.05) is 13.0 Å². The summed E-state index contributed by atoms with van der Waals surface area (Å²) in [7, 11) is 1.60. The van der Waals surface area contributed by atoms with Gasteiger partial charge in [0.25, 0.3) is 0 Å². The van der Waals surface area contributed by atoms with Gasteiger partial charge in [0.2, 0.25) is 5.91 Å². The van der Waals surface area contributed by atoms with Gasteiger partial charge in [0.1, 0.15) is 0 Å². The van der Waals surface area contributed by atoms with E-state index in [1.54, 1.807) is 7.11 Å². The van der Waals surface area contributed by atoms with E-state index in [-0.39, 0.29) is 23.8 Å². The van der Waals surface area contributed by atoms with Gasteiger partial charge >= 0.3 is 5.97 Å². The summed E-state index contributed by atoms with van der Waals surface area (Å²) in [5.74, 6) is -1.32. The molecule has 5 nitrogen and oxygen atoms in total. The van der Waals surface area contributed by atoms with Crippen molar-refractivity contribution < 1.29 is 19.4 Å². The molecule has 1 rings (SSSR count). The molecule has 0 aliphatic heterocycles. The lowest BCUT2D eigenvalue weighted by Crippen LogP contribution is -2.40. The fraction of sp³-hybridized carbons (Fsp3) is 0.833. The van der Waals surface area contributed by atoms with Crippen molar-refractivity contribution in [1.82, 2.24) is 5.32 Å². The van der Waals surface area contributed by atoms with Crippen LogP contribution in [0.3, 0.4) is 0 Å². The number of amides is 1. The van der Waals surface area contributed by atoms with Gasteiger partial charge in [-0.2, -0.15) is 0 Å². The molecule has 0 saturated heterocycles. The Hall–Kier alpha value is -1.10. The quantitative estimate of drug-likeness (QED) is 0.730. The molecule has 2 N–H and O–H groups in total. The summed E-state index contributed by atoms with van der Waals surface area (Å²) in [5, 5.41) is 11.8. The number of aliphatic carboxylic acids is 1. The van der Waals surface area contributed by atoms with E-state index in [1.807, 2.05) is 6.92 Å². The number of methoxy groups -OCH3 is 1. The molecule has 3 unspecified atom stereocenters. The van der Waals surface area contributed by atoms with Crippen molar-refractivity contribution in [3.05, 3.63) is 0 Å². The number of rotatable bonds is 6. The lowest BCUT2D eigenvalue weighted by atomic mass is 10.0. The molecular formula is C12H21NO4. The smallest absolute Gasteiger partial charge is 0.306 e. The van der Waals surface area contributed by atoms with E-state index < -0.39 is 5.97 Å². The predicted octanol–water partition coefficient (Wildman–Crippen LogP) is 1.03. The normalized spacial score (nSPS) is 25.5. The van der Waals surface area contributed by atoms with Crippen LogP contribution in [-0.4, -0.2) is 36.7 Å². The van der Waals surface area contributed by atoms with Crippen molar-refractivity contribution in [3.63, 3.8) is 0 Å². The second kappa shape index (κ2) is 6.59. The average Bonchev–Trinajstić information content (AvgIpc) is 2.77. The summed E-state index contributed by atoms with van der Waals surface area (Å²) in [6, 6.07) is 0.0244. The van der Waals surface area contributed by atoms with Gasteiger partial charge in [0.05, 0.1) is 18.6 Å². The second-order valence-corrected chi connectivity index (χ2v) is 4.61. The largest absolute Gasteiger partial charge is 0.481 e. The zero-order valence-electron chi connectivity index (χ0n) is 10.4. The fourth-order valence-corrected chi connectivity index (χ4v) is 2.23. The van der Waals surface area contributed by atoms with Crippen LogP contribution in [-0.2, 0) is 14.3 Å². The molecule has 1 fully saturated rings. The number of carboxylic acids is 1. The lowest BCUT2D eigenvalue weighted by molar-refractivity contribution is -0.141. The Balaban J connectivity index is 2.41. The Labute approximate surface area is 102 Å². The maximum absolute atomic E-state index is 11.9. The Morgan fingerprint density at radius 3 is 2.53 bits per heavy atom. The van der Waals surface area contributed by atoms with E-state index >= 15 is 0 Å². The number of hydrogen-bond donors (Lipinski definition) is 2. The number of ether oxygens (including phenoxy) is 1. The highest BCUT2D eigenvalue weighted by Gasteiger charge is 2.34. The number of carbonyl (C=O) groups is 2. The maximum atomic E-state index is 11.9. The molecule has 0 spiro atoms. The van der Waals surface area contributed by atoms with Crippen LogP contribution in [0.4, 0.5) is 0 Å². The van der Waals surface area contributed by atoms with E-state index in [9.17, 15) is 9.59 Å². The van der Waals surface area contributed by atoms with Gasteiger partial charge in [-0.3, -0.25) is 9.59 Å². The third-order valence-electron chi connectivity index (χ3n) is 3.36. The van der Waals surface area contributed by atoms with Crippen LogP contribution in [0.5, 0.6) is 0 Å². The van der Waals surface area contributed by atoms with Crippen LogP contribution in [0.1, 0.15) is 32.6 Å². The molecule has 98 valence electrons. The Morgan fingerprint density at radius 2 is 2.06 bits per heavy atom. The topological polar surface area (TPSA) is 75.6 Å². The molecule has 5 heteroatoms. The van der Waals surface area contributed by atoms with Crippen LogP contribution >= 0.6 is 0 Å². The molecule has 1 amide bonds. The summed E-state index contributed by atoms with van der Waals surface area (Å²) in [4.78, 5) is 22.7. The zero-order chi connectivity index (χ0) is 12.8. The first-order valence-electron chi connectivity index (χ1n) is 6.10. The Bertz CT molecular complexity index is 280. The highest BCUT2D eigenvalue weighted by atomic mass is 16.5. The van der Waals surface area contributed by atoms with E-state index in [0.29, 0.717) is 25.9 Å². The molecule has 0 bridgehead atoms. The second-order valence-electron chi connectivity index (χ2n) is 4.61. The minimum absolute atomic E-state index is 0.0244. The van der Waals surface area contributed by atoms with Crippen molar-refractivity contribution >= 4 is 11.9 Å². The van der Waals surface area contributed by atoms with E-state index in [2.05, 4.69) is 5.32 Å². The van der Waals surface area contributed by atoms with Crippen LogP contribution in [0.2, 0.25) is 0 Å². The Kier molecular flexibility index (Phi) is 5.41. The van der Waals surface area contributed by atoms with Gasteiger partial charge in [0.15, 0.2) is 0 Å². The van der Waals surface area contributed by atoms with E-state index in [1.165, 1.54) is 0 Å². The van der Waals surface area contributed by atoms with Crippen molar-refractivity contribution in [2.45, 2.75) is 38.6 Å². The van der Waals surface area contributed by atoms with Gasteiger partial charge in [-0.25, -0.2) is 0 Å². The average molecular weight is 243 g/mol. The standard InChI is InChI=1S/C12H21NO4/c1-3-10(7-17-2)13-11(14)8-4-5-9(6-8)12(15)16/h8-10H,3-7H2,1-2H3,(H,13,14)(H,15,16). The highest BCUT2D eigenvalue weighted by molar-refractivity contribution is 5.81. The molecule has 0 aromatic carbocycles. The van der Waals surface area contributed by atoms with Gasteiger partial charge < -0.3 is 15.2 Å². The summed E-state index contributed by atoms with van der Waals surface area (Å²) in [6.07, 6.45) is 2.56. The van der Waals surface area contributed by atoms with Crippen molar-refractivity contribution in [2.75, 3.05) is 13.7 Å². The third-order valence-corrected chi connectivity index (χ3v) is 3.36. The first kappa shape index (κ1) is 14.0. The zero-order valence-corrected chi connectivity index (χ0v) is 10.4. The number of hydrogen-bond acceptors (Lipinski definition) is 3. The van der Waals surface area contributed by atoms with Gasteiger partial charge in [-0.15, -0.1) is 0 Å². The molecule has 0 aromatic heterocycles. The van der Waals surface area contributed by atoms with Crippen molar-refractivity contribution in [2.24, 2.45) is 11.8 Å². The van der Waals surface area contributed by atoms with Gasteiger partial charge in [-0.05, 0) is 25.7 Å². The summed E-state index contributed by atoms with van der Waals surface area (Å²) in [6.45, 7) is 2.48. The minimum Gasteiger partial charge on any atom is -0.481 e. The molecule has 0 radical (unpaired) electrons. The van der Waals surface area contributed by atoms with Crippen molar-refractivity contribution in [3.8, 4) is 0 Å². The summed E-state index contributed by atoms with van der Waals surface area (Å²) >= 11 is 0. The van der Waals surface area contributed by atoms with Crippen molar-refractivity contribution in [1.29, 1.82) is 0 Å². The van der Waals surface area contributed by atoms with E-state index in [4.69, 9.17) is 9.84 Å². The molecule has 0 heterocycles. The maximum Gasteiger partial charge on any atom is 0.306 e. The molecule has 3 atom stereocenters. The number of carbonyl (C=O) groups excluding carboxylic acids is 1. The Morgan fingerprint density at radius 1 is 1.41 bits per heavy atom. The lowest BCUT2D eigenvalue weighted by Gasteiger charge is -2.18. The number of carboxylic acid groups (broad SMARTS) is 1. The van der Waals surface area contributed by atoms with Gasteiger partial charge in [-0.1, -0.05) is 6.92 Å². The molecular weight excluding hydrogens is 222 g/mol. The van der Waals surface area contributed by atoms with Crippen LogP contribution in [0.15, 0.2) is 0 Å². The van der Waals surface area contributed by atoms with Crippen LogP contribution in [0, 0.1) is 11.8 Å². The molecule has 0 aromatic rings. The summed E-state index contributed by atoms with van der Waals surface area (Å²) in [5.41, 5.74) is 0. The van der Waals surface area contributed by atoms with Crippen LogP contribution < -0.4 is 5.32 Å². The van der Waals surface area contributed by atoms with E-state index in [0.717, 1.165) is 6.42 Å². The molecule has 1 saturated carbocycles.